The smallest absolute Gasteiger partial charge is 0.330 e. The topological polar surface area (TPSA) is 35.2 Å². The Balaban J connectivity index is 2.69. The zero-order valence-electron chi connectivity index (χ0n) is 9.88. The van der Waals surface area contributed by atoms with Gasteiger partial charge in [0, 0.05) is 6.54 Å². The molecule has 102 valence electrons. The van der Waals surface area contributed by atoms with Crippen LogP contribution in [0.5, 0.6) is 0 Å². The lowest BCUT2D eigenvalue weighted by molar-refractivity contribution is -0.175. The van der Waals surface area contributed by atoms with Crippen molar-refractivity contribution in [2.75, 3.05) is 13.2 Å². The highest BCUT2D eigenvalue weighted by atomic mass is 19.3. The second-order valence-corrected chi connectivity index (χ2v) is 4.01. The summed E-state index contributed by atoms with van der Waals surface area (Å²) in [6, 6.07) is 6.93. The molecule has 0 aromatic heterocycles. The van der Waals surface area contributed by atoms with Crippen molar-refractivity contribution in [1.82, 2.24) is 0 Å². The van der Waals surface area contributed by atoms with Crippen molar-refractivity contribution in [1.29, 1.82) is 0 Å². The highest BCUT2D eigenvalue weighted by Gasteiger charge is 2.41. The van der Waals surface area contributed by atoms with E-state index in [2.05, 4.69) is 0 Å². The third-order valence-electron chi connectivity index (χ3n) is 2.42. The van der Waals surface area contributed by atoms with Crippen molar-refractivity contribution < 1.29 is 22.3 Å². The molecular weight excluding hydrogens is 250 g/mol. The highest BCUT2D eigenvalue weighted by Crippen LogP contribution is 2.26. The monoisotopic (exact) mass is 265 g/mol. The Bertz CT molecular complexity index is 384. The number of ether oxygens (including phenoxy) is 1. The summed E-state index contributed by atoms with van der Waals surface area (Å²) in [4.78, 5) is 0. The van der Waals surface area contributed by atoms with Gasteiger partial charge in [-0.3, -0.25) is 0 Å². The van der Waals surface area contributed by atoms with Gasteiger partial charge >= 0.3 is 12.3 Å². The molecule has 0 aliphatic heterocycles. The summed E-state index contributed by atoms with van der Waals surface area (Å²) in [5.41, 5.74) is 6.91. The van der Waals surface area contributed by atoms with E-state index in [9.17, 15) is 17.6 Å². The summed E-state index contributed by atoms with van der Waals surface area (Å²) in [5, 5.41) is 0. The Morgan fingerprint density at radius 1 is 1.33 bits per heavy atom. The van der Waals surface area contributed by atoms with Gasteiger partial charge in [-0.05, 0) is 12.5 Å². The van der Waals surface area contributed by atoms with Crippen molar-refractivity contribution in [3.63, 3.8) is 0 Å². The molecule has 0 saturated heterocycles. The summed E-state index contributed by atoms with van der Waals surface area (Å²) < 4.78 is 54.2. The molecule has 0 bridgehead atoms. The maximum atomic E-state index is 12.7. The fourth-order valence-corrected chi connectivity index (χ4v) is 1.45. The molecule has 1 atom stereocenters. The Kier molecular flexibility index (Phi) is 5.10. The van der Waals surface area contributed by atoms with E-state index in [1.165, 1.54) is 0 Å². The van der Waals surface area contributed by atoms with Gasteiger partial charge in [-0.15, -0.1) is 0 Å². The van der Waals surface area contributed by atoms with Gasteiger partial charge in [-0.25, -0.2) is 8.78 Å². The average Bonchev–Trinajstić information content (AvgIpc) is 2.29. The summed E-state index contributed by atoms with van der Waals surface area (Å²) in [7, 11) is 0. The second kappa shape index (κ2) is 6.15. The Labute approximate surface area is 103 Å². The van der Waals surface area contributed by atoms with Crippen LogP contribution in [0.25, 0.3) is 0 Å². The summed E-state index contributed by atoms with van der Waals surface area (Å²) in [6.45, 7) is 0.425. The van der Waals surface area contributed by atoms with Crippen LogP contribution < -0.4 is 5.73 Å². The Morgan fingerprint density at radius 2 is 2.00 bits per heavy atom. The van der Waals surface area contributed by atoms with Crippen LogP contribution in [0.4, 0.5) is 17.6 Å². The van der Waals surface area contributed by atoms with Crippen LogP contribution in [0.15, 0.2) is 24.3 Å². The van der Waals surface area contributed by atoms with Crippen LogP contribution >= 0.6 is 0 Å². The number of halogens is 4. The predicted octanol–water partition coefficient (Wildman–Crippen LogP) is 2.91. The van der Waals surface area contributed by atoms with Gasteiger partial charge in [0.25, 0.3) is 0 Å². The molecule has 0 amide bonds. The first kappa shape index (κ1) is 14.9. The predicted molar refractivity (Wildman–Crippen MR) is 59.9 cm³/mol. The first-order valence-electron chi connectivity index (χ1n) is 5.41. The van der Waals surface area contributed by atoms with E-state index in [-0.39, 0.29) is 6.54 Å². The van der Waals surface area contributed by atoms with Crippen molar-refractivity contribution in [3.8, 4) is 0 Å². The molecule has 2 N–H and O–H groups in total. The van der Waals surface area contributed by atoms with Crippen molar-refractivity contribution >= 4 is 0 Å². The second-order valence-electron chi connectivity index (χ2n) is 4.01. The number of hydrogen-bond acceptors (Lipinski definition) is 2. The summed E-state index contributed by atoms with van der Waals surface area (Å²) in [5.74, 6) is -4.16. The zero-order valence-corrected chi connectivity index (χ0v) is 9.88. The number of alkyl halides is 4. The van der Waals surface area contributed by atoms with Gasteiger partial charge in [-0.1, -0.05) is 29.8 Å². The number of aryl methyl sites for hydroxylation is 1. The normalized spacial score (nSPS) is 13.9. The molecule has 0 saturated carbocycles. The quantitative estimate of drug-likeness (QED) is 0.803. The number of hydrogen-bond donors (Lipinski definition) is 1. The summed E-state index contributed by atoms with van der Waals surface area (Å²) >= 11 is 0. The molecule has 0 aliphatic carbocycles. The molecule has 1 aromatic carbocycles. The minimum absolute atomic E-state index is 0.0528. The fraction of sp³-hybridized carbons (Fsp3) is 0.500. The number of rotatable bonds is 6. The molecule has 0 spiro atoms. The van der Waals surface area contributed by atoms with Crippen LogP contribution in [-0.2, 0) is 4.74 Å². The maximum Gasteiger partial charge on any atom is 0.330 e. The Hall–Kier alpha value is -1.14. The van der Waals surface area contributed by atoms with E-state index in [0.717, 1.165) is 5.56 Å². The molecule has 18 heavy (non-hydrogen) atoms. The molecule has 2 nitrogen and oxygen atoms in total. The highest BCUT2D eigenvalue weighted by molar-refractivity contribution is 5.24. The largest absolute Gasteiger partial charge is 0.366 e. The Morgan fingerprint density at radius 3 is 2.50 bits per heavy atom. The molecule has 1 aromatic rings. The first-order chi connectivity index (χ1) is 8.36. The first-order valence-corrected chi connectivity index (χ1v) is 5.41. The van der Waals surface area contributed by atoms with Crippen molar-refractivity contribution in [2.24, 2.45) is 5.73 Å². The summed E-state index contributed by atoms with van der Waals surface area (Å²) in [6.07, 6.45) is -4.55. The van der Waals surface area contributed by atoms with E-state index in [1.54, 1.807) is 18.2 Å². The van der Waals surface area contributed by atoms with E-state index in [4.69, 9.17) is 10.5 Å². The van der Waals surface area contributed by atoms with Crippen LogP contribution in [0.2, 0.25) is 0 Å². The minimum Gasteiger partial charge on any atom is -0.366 e. The molecule has 0 heterocycles. The molecular formula is C12H15F4NO. The van der Waals surface area contributed by atoms with Crippen LogP contribution in [0.3, 0.4) is 0 Å². The van der Waals surface area contributed by atoms with Gasteiger partial charge in [-0.2, -0.15) is 8.78 Å². The van der Waals surface area contributed by atoms with Crippen LogP contribution in [0.1, 0.15) is 17.2 Å². The molecule has 1 unspecified atom stereocenters. The third-order valence-corrected chi connectivity index (χ3v) is 2.42. The third kappa shape index (κ3) is 3.96. The zero-order chi connectivity index (χ0) is 13.8. The van der Waals surface area contributed by atoms with Crippen molar-refractivity contribution in [2.45, 2.75) is 25.4 Å². The molecule has 1 rings (SSSR count). The van der Waals surface area contributed by atoms with E-state index >= 15 is 0 Å². The van der Waals surface area contributed by atoms with E-state index < -0.39 is 25.1 Å². The molecule has 0 fully saturated rings. The van der Waals surface area contributed by atoms with Gasteiger partial charge in [0.15, 0.2) is 0 Å². The number of benzene rings is 1. The lowest BCUT2D eigenvalue weighted by Crippen LogP contribution is -2.34. The van der Waals surface area contributed by atoms with Gasteiger partial charge < -0.3 is 10.5 Å². The molecule has 6 heteroatoms. The minimum atomic E-state index is -4.16. The maximum absolute atomic E-state index is 12.7. The van der Waals surface area contributed by atoms with Gasteiger partial charge in [0.05, 0.1) is 6.10 Å². The SMILES string of the molecule is Cc1cccc(C(CN)OCC(F)(F)C(F)F)c1. The standard InChI is InChI=1S/C12H15F4NO/c1-8-3-2-4-9(5-8)10(6-17)18-7-12(15,16)11(13)14/h2-5,10-11H,6-7,17H2,1H3. The average molecular weight is 265 g/mol. The van der Waals surface area contributed by atoms with E-state index in [0.29, 0.717) is 5.56 Å². The molecule has 0 aliphatic rings. The van der Waals surface area contributed by atoms with E-state index in [1.807, 2.05) is 13.0 Å². The van der Waals surface area contributed by atoms with Gasteiger partial charge in [0.1, 0.15) is 6.61 Å². The molecule has 0 radical (unpaired) electrons. The lowest BCUT2D eigenvalue weighted by Gasteiger charge is -2.21. The van der Waals surface area contributed by atoms with Gasteiger partial charge in [0.2, 0.25) is 0 Å². The lowest BCUT2D eigenvalue weighted by atomic mass is 10.1. The number of nitrogens with two attached hydrogens (primary N) is 1. The fourth-order valence-electron chi connectivity index (χ4n) is 1.45. The van der Waals surface area contributed by atoms with Crippen LogP contribution in [-0.4, -0.2) is 25.5 Å². The van der Waals surface area contributed by atoms with Crippen LogP contribution in [0, 0.1) is 6.92 Å². The van der Waals surface area contributed by atoms with Crippen molar-refractivity contribution in [3.05, 3.63) is 35.4 Å².